The van der Waals surface area contributed by atoms with E-state index in [2.05, 4.69) is 25.1 Å². The number of rotatable bonds is 5. The molecule has 0 radical (unpaired) electrons. The van der Waals surface area contributed by atoms with Crippen LogP contribution in [0.15, 0.2) is 42.6 Å². The number of phenolic OH excluding ortho intramolecular Hbond substituents is 1. The van der Waals surface area contributed by atoms with Gasteiger partial charge in [-0.25, -0.2) is 4.39 Å². The van der Waals surface area contributed by atoms with Gasteiger partial charge in [0.25, 0.3) is 0 Å². The normalized spacial score (nSPS) is 21.6. The lowest BCUT2D eigenvalue weighted by Gasteiger charge is -2.45. The molecule has 0 aliphatic carbocycles. The highest BCUT2D eigenvalue weighted by molar-refractivity contribution is 5.99. The van der Waals surface area contributed by atoms with E-state index in [1.54, 1.807) is 18.3 Å². The quantitative estimate of drug-likeness (QED) is 0.347. The predicted octanol–water partition coefficient (Wildman–Crippen LogP) is 4.66. The molecule has 6 heterocycles. The van der Waals surface area contributed by atoms with Crippen LogP contribution in [0.25, 0.3) is 32.9 Å². The summed E-state index contributed by atoms with van der Waals surface area (Å²) in [6, 6.07) is 11.0. The highest BCUT2D eigenvalue weighted by atomic mass is 19.1. The Morgan fingerprint density at radius 1 is 1.00 bits per heavy atom. The summed E-state index contributed by atoms with van der Waals surface area (Å²) in [5, 5.41) is 16.3. The maximum absolute atomic E-state index is 16.6. The molecule has 4 fully saturated rings. The minimum atomic E-state index is -0.542. The number of halogens is 1. The summed E-state index contributed by atoms with van der Waals surface area (Å²) in [6.07, 6.45) is 8.01. The number of hydrogen-bond donors (Lipinski definition) is 2. The number of phenols is 1. The minimum absolute atomic E-state index is 0.0189. The third-order valence-corrected chi connectivity index (χ3v) is 10.2. The molecule has 4 aromatic rings. The number of ether oxygens (including phenoxy) is 2. The summed E-state index contributed by atoms with van der Waals surface area (Å²) in [6.45, 7) is 6.50. The second kappa shape index (κ2) is 10.5. The van der Waals surface area contributed by atoms with Gasteiger partial charge in [0.05, 0.1) is 24.1 Å². The van der Waals surface area contributed by atoms with Crippen LogP contribution in [0.2, 0.25) is 0 Å². The number of hydrogen-bond acceptors (Lipinski definition) is 9. The molecule has 0 unspecified atom stereocenters. The van der Waals surface area contributed by atoms with Crippen molar-refractivity contribution in [3.05, 3.63) is 48.4 Å². The van der Waals surface area contributed by atoms with E-state index in [9.17, 15) is 5.11 Å². The van der Waals surface area contributed by atoms with Gasteiger partial charge < -0.3 is 24.8 Å². The molecule has 2 N–H and O–H groups in total. The van der Waals surface area contributed by atoms with Crippen LogP contribution in [0, 0.1) is 5.82 Å². The summed E-state index contributed by atoms with van der Waals surface area (Å²) < 4.78 is 28.8. The van der Waals surface area contributed by atoms with E-state index in [1.165, 1.54) is 12.8 Å². The zero-order valence-electron chi connectivity index (χ0n) is 24.3. The van der Waals surface area contributed by atoms with Crippen LogP contribution < -0.4 is 15.0 Å². The maximum atomic E-state index is 16.6. The number of anilines is 1. The van der Waals surface area contributed by atoms with Crippen LogP contribution in [0.4, 0.5) is 10.2 Å². The Hall–Kier alpha value is -3.60. The smallest absolute Gasteiger partial charge is 0.319 e. The van der Waals surface area contributed by atoms with Gasteiger partial charge in [0, 0.05) is 36.9 Å². The van der Waals surface area contributed by atoms with Gasteiger partial charge in [0.2, 0.25) is 0 Å². The molecule has 224 valence electrons. The Labute approximate surface area is 250 Å². The fraction of sp³-hybridized carbons (Fsp3) is 0.485. The van der Waals surface area contributed by atoms with Crippen LogP contribution >= 0.6 is 0 Å². The van der Waals surface area contributed by atoms with Gasteiger partial charge in [0.1, 0.15) is 29.4 Å². The van der Waals surface area contributed by atoms with Crippen LogP contribution in [-0.2, 0) is 4.74 Å². The number of pyridine rings is 1. The Morgan fingerprint density at radius 3 is 2.60 bits per heavy atom. The van der Waals surface area contributed by atoms with Gasteiger partial charge in [0.15, 0.2) is 5.82 Å². The second-order valence-electron chi connectivity index (χ2n) is 12.7. The van der Waals surface area contributed by atoms with Crippen LogP contribution in [0.5, 0.6) is 11.8 Å². The van der Waals surface area contributed by atoms with Gasteiger partial charge in [-0.2, -0.15) is 9.97 Å². The number of nitrogens with one attached hydrogen (secondary N) is 1. The van der Waals surface area contributed by atoms with Crippen molar-refractivity contribution in [3.63, 3.8) is 0 Å². The van der Waals surface area contributed by atoms with E-state index in [0.717, 1.165) is 75.8 Å². The van der Waals surface area contributed by atoms with E-state index in [1.807, 2.05) is 24.3 Å². The van der Waals surface area contributed by atoms with Crippen molar-refractivity contribution >= 4 is 27.5 Å². The molecule has 43 heavy (non-hydrogen) atoms. The van der Waals surface area contributed by atoms with E-state index in [-0.39, 0.29) is 34.0 Å². The van der Waals surface area contributed by atoms with Crippen molar-refractivity contribution in [2.45, 2.75) is 49.6 Å². The number of nitrogens with zero attached hydrogens (tertiary/aromatic N) is 5. The van der Waals surface area contributed by atoms with Gasteiger partial charge in [-0.15, -0.1) is 0 Å². The average Bonchev–Trinajstić information content (AvgIpc) is 3.61. The van der Waals surface area contributed by atoms with Gasteiger partial charge >= 0.3 is 6.01 Å². The third kappa shape index (κ3) is 4.67. The van der Waals surface area contributed by atoms with E-state index < -0.39 is 5.82 Å². The molecular formula is C33H37FN6O3. The SMILES string of the molecule is Oc1cc(-c2ncc3c(N4CCC5(CC4)COCCN5)nc(OCC45CCCN4CCC5)nc3c2F)c2ccccc2c1. The Balaban J connectivity index is 1.21. The zero-order chi connectivity index (χ0) is 29.0. The largest absolute Gasteiger partial charge is 0.508 e. The Morgan fingerprint density at radius 2 is 1.81 bits per heavy atom. The molecular weight excluding hydrogens is 547 g/mol. The number of morpholine rings is 1. The summed E-state index contributed by atoms with van der Waals surface area (Å²) in [5.41, 5.74) is 0.840. The minimum Gasteiger partial charge on any atom is -0.508 e. The van der Waals surface area contributed by atoms with Crippen LogP contribution in [0.3, 0.4) is 0 Å². The molecule has 4 aliphatic rings. The van der Waals surface area contributed by atoms with Crippen molar-refractivity contribution in [1.29, 1.82) is 0 Å². The topological polar surface area (TPSA) is 95.9 Å². The number of piperidine rings is 1. The van der Waals surface area contributed by atoms with Crippen molar-refractivity contribution in [1.82, 2.24) is 25.2 Å². The number of aromatic hydroxyl groups is 1. The first kappa shape index (κ1) is 27.0. The molecule has 0 bridgehead atoms. The Bertz CT molecular complexity index is 1670. The van der Waals surface area contributed by atoms with Crippen molar-refractivity contribution in [2.24, 2.45) is 0 Å². The second-order valence-corrected chi connectivity index (χ2v) is 12.7. The molecule has 2 aromatic heterocycles. The number of aromatic nitrogens is 3. The highest BCUT2D eigenvalue weighted by Crippen LogP contribution is 2.41. The van der Waals surface area contributed by atoms with Gasteiger partial charge in [-0.1, -0.05) is 24.3 Å². The summed E-state index contributed by atoms with van der Waals surface area (Å²) >= 11 is 0. The maximum Gasteiger partial charge on any atom is 0.319 e. The molecule has 9 nitrogen and oxygen atoms in total. The first-order valence-electron chi connectivity index (χ1n) is 15.6. The first-order valence-corrected chi connectivity index (χ1v) is 15.6. The molecule has 10 heteroatoms. The lowest BCUT2D eigenvalue weighted by Crippen LogP contribution is -2.59. The van der Waals surface area contributed by atoms with Gasteiger partial charge in [-0.3, -0.25) is 9.88 Å². The van der Waals surface area contributed by atoms with E-state index >= 15 is 4.39 Å². The van der Waals surface area contributed by atoms with Crippen molar-refractivity contribution in [3.8, 4) is 23.0 Å². The standard InChI is InChI=1S/C33H37FN6O3/c34-27-28(25-18-23(41)17-22-5-1-2-6-24(22)25)35-19-26-29(27)37-31(43-21-33-7-3-12-40(33)13-4-8-33)38-30(26)39-14-9-32(10-15-39)20-42-16-11-36-32/h1-2,5-6,17-19,36,41H,3-4,7-16,20-21H2. The first-order chi connectivity index (χ1) is 21.0. The van der Waals surface area contributed by atoms with Crippen molar-refractivity contribution in [2.75, 3.05) is 57.4 Å². The molecule has 4 saturated heterocycles. The fourth-order valence-corrected chi connectivity index (χ4v) is 7.84. The van der Waals surface area contributed by atoms with Crippen LogP contribution in [-0.4, -0.2) is 88.6 Å². The fourth-order valence-electron chi connectivity index (χ4n) is 7.84. The average molecular weight is 585 g/mol. The summed E-state index contributed by atoms with van der Waals surface area (Å²) in [5.74, 6) is 0.165. The molecule has 4 aliphatic heterocycles. The lowest BCUT2D eigenvalue weighted by atomic mass is 9.87. The molecule has 0 saturated carbocycles. The van der Waals surface area contributed by atoms with Gasteiger partial charge in [-0.05, 0) is 74.5 Å². The van der Waals surface area contributed by atoms with E-state index in [4.69, 9.17) is 14.5 Å². The molecule has 2 aromatic carbocycles. The predicted molar refractivity (Wildman–Crippen MR) is 163 cm³/mol. The van der Waals surface area contributed by atoms with Crippen LogP contribution in [0.1, 0.15) is 38.5 Å². The van der Waals surface area contributed by atoms with E-state index in [0.29, 0.717) is 30.0 Å². The monoisotopic (exact) mass is 584 g/mol. The number of benzene rings is 2. The Kier molecular flexibility index (Phi) is 6.61. The zero-order valence-corrected chi connectivity index (χ0v) is 24.3. The summed E-state index contributed by atoms with van der Waals surface area (Å²) in [7, 11) is 0. The molecule has 8 rings (SSSR count). The summed E-state index contributed by atoms with van der Waals surface area (Å²) in [4.78, 5) is 19.0. The molecule has 1 spiro atoms. The molecule has 0 amide bonds. The third-order valence-electron chi connectivity index (χ3n) is 10.2. The lowest BCUT2D eigenvalue weighted by molar-refractivity contribution is 0.0157. The number of fused-ring (bicyclic) bond motifs is 3. The molecule has 0 atom stereocenters. The van der Waals surface area contributed by atoms with Crippen molar-refractivity contribution < 1.29 is 19.0 Å². The highest BCUT2D eigenvalue weighted by Gasteiger charge is 2.45.